The molecule has 0 bridgehead atoms. The summed E-state index contributed by atoms with van der Waals surface area (Å²) in [5.41, 5.74) is 1.21. The molecule has 120 valence electrons. The Hall–Kier alpha value is -1.79. The second kappa shape index (κ2) is 8.00. The molecular weight excluding hydrogens is 285 g/mol. The second-order valence-corrected chi connectivity index (χ2v) is 5.24. The number of hydrogen-bond donors (Lipinski definition) is 1. The summed E-state index contributed by atoms with van der Waals surface area (Å²) >= 11 is 0. The van der Waals surface area contributed by atoms with Gasteiger partial charge in [0.05, 0.1) is 6.61 Å². The Morgan fingerprint density at radius 1 is 1.32 bits per heavy atom. The highest BCUT2D eigenvalue weighted by atomic mass is 19.1. The molecule has 5 nitrogen and oxygen atoms in total. The monoisotopic (exact) mass is 307 g/mol. The van der Waals surface area contributed by atoms with Crippen molar-refractivity contribution >= 4 is 0 Å². The lowest BCUT2D eigenvalue weighted by Crippen LogP contribution is -2.27. The van der Waals surface area contributed by atoms with Crippen LogP contribution in [0.3, 0.4) is 0 Å². The van der Waals surface area contributed by atoms with Gasteiger partial charge in [-0.15, -0.1) is 0 Å². The second-order valence-electron chi connectivity index (χ2n) is 5.24. The molecule has 0 fully saturated rings. The van der Waals surface area contributed by atoms with E-state index in [2.05, 4.69) is 22.0 Å². The fraction of sp³-hybridized carbons (Fsp3) is 0.500. The van der Waals surface area contributed by atoms with Gasteiger partial charge in [0.2, 0.25) is 11.7 Å². The molecule has 0 aliphatic rings. The van der Waals surface area contributed by atoms with Crippen molar-refractivity contribution in [3.8, 4) is 11.4 Å². The smallest absolute Gasteiger partial charge is 0.227 e. The quantitative estimate of drug-likeness (QED) is 0.811. The summed E-state index contributed by atoms with van der Waals surface area (Å²) in [6, 6.07) is 4.91. The lowest BCUT2D eigenvalue weighted by molar-refractivity contribution is 0.199. The summed E-state index contributed by atoms with van der Waals surface area (Å²) in [4.78, 5) is 6.47. The normalized spacial score (nSPS) is 11.3. The molecular formula is C16H22FN3O2. The van der Waals surface area contributed by atoms with Crippen LogP contribution < -0.4 is 0 Å². The van der Waals surface area contributed by atoms with Crippen molar-refractivity contribution in [3.63, 3.8) is 0 Å². The van der Waals surface area contributed by atoms with Crippen molar-refractivity contribution < 1.29 is 14.0 Å². The van der Waals surface area contributed by atoms with Gasteiger partial charge in [-0.3, -0.25) is 0 Å². The van der Waals surface area contributed by atoms with Gasteiger partial charge in [0, 0.05) is 18.5 Å². The first-order chi connectivity index (χ1) is 10.6. The molecule has 0 unspecified atom stereocenters. The van der Waals surface area contributed by atoms with Crippen molar-refractivity contribution in [3.05, 3.63) is 35.5 Å². The lowest BCUT2D eigenvalue weighted by atomic mass is 10.1. The van der Waals surface area contributed by atoms with Gasteiger partial charge in [-0.05, 0) is 38.1 Å². The number of nitrogens with zero attached hydrogens (tertiary/aromatic N) is 3. The number of aromatic nitrogens is 2. The van der Waals surface area contributed by atoms with Crippen LogP contribution in [0.15, 0.2) is 22.7 Å². The molecule has 0 radical (unpaired) electrons. The number of halogens is 1. The van der Waals surface area contributed by atoms with E-state index in [0.717, 1.165) is 19.5 Å². The Kier molecular flexibility index (Phi) is 6.03. The average Bonchev–Trinajstić information content (AvgIpc) is 2.98. The first-order valence-electron chi connectivity index (χ1n) is 7.56. The Morgan fingerprint density at radius 2 is 2.14 bits per heavy atom. The first-order valence-corrected chi connectivity index (χ1v) is 7.56. The van der Waals surface area contributed by atoms with E-state index in [-0.39, 0.29) is 12.4 Å². The number of aliphatic hydroxyl groups excluding tert-OH is 1. The van der Waals surface area contributed by atoms with Gasteiger partial charge in [-0.2, -0.15) is 4.98 Å². The van der Waals surface area contributed by atoms with Gasteiger partial charge in [0.1, 0.15) is 5.82 Å². The van der Waals surface area contributed by atoms with Gasteiger partial charge < -0.3 is 14.5 Å². The molecule has 1 N–H and O–H groups in total. The zero-order chi connectivity index (χ0) is 15.9. The van der Waals surface area contributed by atoms with Gasteiger partial charge in [-0.1, -0.05) is 24.2 Å². The molecule has 0 aliphatic carbocycles. The fourth-order valence-electron chi connectivity index (χ4n) is 2.23. The van der Waals surface area contributed by atoms with Crippen LogP contribution in [0.2, 0.25) is 0 Å². The molecule has 0 spiro atoms. The number of likely N-dealkylation sites (N-methyl/N-ethyl adjacent to an activating group) is 1. The number of aliphatic hydroxyl groups is 1. The maximum atomic E-state index is 13.6. The fourth-order valence-corrected chi connectivity index (χ4v) is 2.23. The van der Waals surface area contributed by atoms with E-state index in [4.69, 9.17) is 9.63 Å². The van der Waals surface area contributed by atoms with Crippen LogP contribution in [0.4, 0.5) is 4.39 Å². The number of hydrogen-bond acceptors (Lipinski definition) is 5. The molecule has 1 aromatic heterocycles. The predicted molar refractivity (Wildman–Crippen MR) is 81.9 cm³/mol. The predicted octanol–water partition coefficient (Wildman–Crippen LogP) is 2.43. The Morgan fingerprint density at radius 3 is 2.82 bits per heavy atom. The van der Waals surface area contributed by atoms with Crippen molar-refractivity contribution in [2.24, 2.45) is 0 Å². The highest BCUT2D eigenvalue weighted by molar-refractivity contribution is 5.54. The van der Waals surface area contributed by atoms with E-state index < -0.39 is 0 Å². The van der Waals surface area contributed by atoms with E-state index in [9.17, 15) is 4.39 Å². The van der Waals surface area contributed by atoms with Crippen molar-refractivity contribution in [1.29, 1.82) is 0 Å². The Bertz CT molecular complexity index is 601. The zero-order valence-electron chi connectivity index (χ0n) is 13.0. The van der Waals surface area contributed by atoms with Crippen LogP contribution in [0, 0.1) is 12.7 Å². The minimum absolute atomic E-state index is 0.164. The molecule has 1 aromatic carbocycles. The van der Waals surface area contributed by atoms with Crippen molar-refractivity contribution in [2.75, 3.05) is 26.2 Å². The Balaban J connectivity index is 1.92. The molecule has 2 aromatic rings. The van der Waals surface area contributed by atoms with E-state index in [1.807, 2.05) is 0 Å². The first kappa shape index (κ1) is 16.6. The number of aryl methyl sites for hydroxylation is 2. The molecule has 0 aliphatic heterocycles. The maximum absolute atomic E-state index is 13.6. The average molecular weight is 307 g/mol. The molecule has 0 atom stereocenters. The summed E-state index contributed by atoms with van der Waals surface area (Å²) in [5, 5.41) is 12.8. The summed E-state index contributed by atoms with van der Waals surface area (Å²) in [5.74, 6) is 0.694. The van der Waals surface area contributed by atoms with Crippen LogP contribution in [0.5, 0.6) is 0 Å². The lowest BCUT2D eigenvalue weighted by Gasteiger charge is -2.17. The van der Waals surface area contributed by atoms with Crippen molar-refractivity contribution in [2.45, 2.75) is 26.7 Å². The molecule has 0 saturated carbocycles. The van der Waals surface area contributed by atoms with Crippen LogP contribution in [-0.4, -0.2) is 46.4 Å². The molecule has 2 rings (SSSR count). The SMILES string of the molecule is CCN(CCO)CCCc1nc(-c2ccc(C)c(F)c2)no1. The van der Waals surface area contributed by atoms with Gasteiger partial charge in [-0.25, -0.2) is 4.39 Å². The summed E-state index contributed by atoms with van der Waals surface area (Å²) in [7, 11) is 0. The van der Waals surface area contributed by atoms with Crippen LogP contribution in [-0.2, 0) is 6.42 Å². The highest BCUT2D eigenvalue weighted by Crippen LogP contribution is 2.19. The summed E-state index contributed by atoms with van der Waals surface area (Å²) < 4.78 is 18.8. The molecule has 0 saturated heterocycles. The highest BCUT2D eigenvalue weighted by Gasteiger charge is 2.11. The van der Waals surface area contributed by atoms with Gasteiger partial charge in [0.25, 0.3) is 0 Å². The Labute approximate surface area is 129 Å². The van der Waals surface area contributed by atoms with E-state index in [1.54, 1.807) is 19.1 Å². The number of benzene rings is 1. The molecule has 1 heterocycles. The van der Waals surface area contributed by atoms with Crippen LogP contribution in [0.1, 0.15) is 24.8 Å². The largest absolute Gasteiger partial charge is 0.395 e. The molecule has 0 amide bonds. The molecule has 22 heavy (non-hydrogen) atoms. The summed E-state index contributed by atoms with van der Waals surface area (Å²) in [6.45, 7) is 6.39. The van der Waals surface area contributed by atoms with Gasteiger partial charge >= 0.3 is 0 Å². The standard InChI is InChI=1S/C16H22FN3O2/c1-3-20(9-10-21)8-4-5-15-18-16(19-22-15)13-7-6-12(2)14(17)11-13/h6-7,11,21H,3-5,8-10H2,1-2H3. The third-order valence-electron chi connectivity index (χ3n) is 3.63. The maximum Gasteiger partial charge on any atom is 0.227 e. The number of rotatable bonds is 8. The third kappa shape index (κ3) is 4.35. The van der Waals surface area contributed by atoms with Gasteiger partial charge in [0.15, 0.2) is 0 Å². The van der Waals surface area contributed by atoms with E-state index in [0.29, 0.717) is 35.8 Å². The topological polar surface area (TPSA) is 62.4 Å². The van der Waals surface area contributed by atoms with Crippen molar-refractivity contribution in [1.82, 2.24) is 15.0 Å². The van der Waals surface area contributed by atoms with Crippen LogP contribution >= 0.6 is 0 Å². The minimum atomic E-state index is -0.272. The zero-order valence-corrected chi connectivity index (χ0v) is 13.0. The third-order valence-corrected chi connectivity index (χ3v) is 3.63. The minimum Gasteiger partial charge on any atom is -0.395 e. The van der Waals surface area contributed by atoms with Crippen LogP contribution in [0.25, 0.3) is 11.4 Å². The van der Waals surface area contributed by atoms with E-state index in [1.165, 1.54) is 6.07 Å². The van der Waals surface area contributed by atoms with E-state index >= 15 is 0 Å². The summed E-state index contributed by atoms with van der Waals surface area (Å²) in [6.07, 6.45) is 1.54. The molecule has 6 heteroatoms.